The molecule has 1 N–H and O–H groups in total. The van der Waals surface area contributed by atoms with Gasteiger partial charge in [0.2, 0.25) is 5.91 Å². The number of benzene rings is 2. The van der Waals surface area contributed by atoms with Gasteiger partial charge < -0.3 is 10.1 Å². The van der Waals surface area contributed by atoms with Crippen molar-refractivity contribution in [1.29, 1.82) is 0 Å². The predicted octanol–water partition coefficient (Wildman–Crippen LogP) is 4.91. The maximum Gasteiger partial charge on any atom is 0.410 e. The molecule has 0 aromatic heterocycles. The fourth-order valence-electron chi connectivity index (χ4n) is 3.64. The fourth-order valence-corrected chi connectivity index (χ4v) is 4.58. The van der Waals surface area contributed by atoms with Gasteiger partial charge in [0.05, 0.1) is 0 Å². The first kappa shape index (κ1) is 23.2. The number of likely N-dealkylation sites (tertiary alicyclic amines) is 1. The first-order valence-electron chi connectivity index (χ1n) is 10.8. The lowest BCUT2D eigenvalue weighted by Crippen LogP contribution is -2.50. The second-order valence-corrected chi connectivity index (χ2v) is 9.94. The lowest BCUT2D eigenvalue weighted by atomic mass is 10.1. The Morgan fingerprint density at radius 3 is 2.39 bits per heavy atom. The highest BCUT2D eigenvalue weighted by Crippen LogP contribution is 2.23. The van der Waals surface area contributed by atoms with Gasteiger partial charge in [0.1, 0.15) is 11.6 Å². The first-order valence-corrected chi connectivity index (χ1v) is 11.8. The SMILES string of the molecule is CC(C)(C)OC(=O)N1CCC[C@H]1C(=O)N[C@H](CSc1ccccc1)Cc1ccccc1. The summed E-state index contributed by atoms with van der Waals surface area (Å²) in [6.45, 7) is 6.07. The molecule has 0 bridgehead atoms. The molecule has 31 heavy (non-hydrogen) atoms. The molecule has 3 rings (SSSR count). The van der Waals surface area contributed by atoms with Crippen molar-refractivity contribution in [3.63, 3.8) is 0 Å². The van der Waals surface area contributed by atoms with Crippen molar-refractivity contribution < 1.29 is 14.3 Å². The van der Waals surface area contributed by atoms with E-state index in [2.05, 4.69) is 29.6 Å². The number of amides is 2. The van der Waals surface area contributed by atoms with Crippen LogP contribution < -0.4 is 5.32 Å². The van der Waals surface area contributed by atoms with E-state index in [0.717, 1.165) is 18.6 Å². The summed E-state index contributed by atoms with van der Waals surface area (Å²) >= 11 is 1.73. The number of ether oxygens (including phenoxy) is 1. The Bertz CT molecular complexity index is 852. The van der Waals surface area contributed by atoms with Crippen LogP contribution in [0.4, 0.5) is 4.79 Å². The van der Waals surface area contributed by atoms with Gasteiger partial charge in [-0.1, -0.05) is 48.5 Å². The van der Waals surface area contributed by atoms with Crippen molar-refractivity contribution in [2.24, 2.45) is 0 Å². The summed E-state index contributed by atoms with van der Waals surface area (Å²) in [6.07, 6.45) is 1.79. The van der Waals surface area contributed by atoms with Crippen LogP contribution in [0.15, 0.2) is 65.6 Å². The lowest BCUT2D eigenvalue weighted by Gasteiger charge is -2.29. The van der Waals surface area contributed by atoms with Crippen LogP contribution in [0.3, 0.4) is 0 Å². The summed E-state index contributed by atoms with van der Waals surface area (Å²) < 4.78 is 5.51. The van der Waals surface area contributed by atoms with Gasteiger partial charge in [-0.25, -0.2) is 4.79 Å². The van der Waals surface area contributed by atoms with Gasteiger partial charge in [-0.2, -0.15) is 0 Å². The molecule has 1 fully saturated rings. The monoisotopic (exact) mass is 440 g/mol. The van der Waals surface area contributed by atoms with Gasteiger partial charge in [-0.05, 0) is 57.7 Å². The number of hydrogen-bond donors (Lipinski definition) is 1. The normalized spacial score (nSPS) is 17.3. The van der Waals surface area contributed by atoms with E-state index in [1.165, 1.54) is 10.5 Å². The van der Waals surface area contributed by atoms with E-state index in [-0.39, 0.29) is 11.9 Å². The molecule has 0 saturated carbocycles. The third-order valence-electron chi connectivity index (χ3n) is 5.05. The molecule has 1 saturated heterocycles. The minimum atomic E-state index is -0.580. The maximum atomic E-state index is 13.2. The second-order valence-electron chi connectivity index (χ2n) is 8.85. The molecule has 6 heteroatoms. The standard InChI is InChI=1S/C25H32N2O3S/c1-25(2,3)30-24(29)27-16-10-15-22(27)23(28)26-20(17-19-11-6-4-7-12-19)18-31-21-13-8-5-9-14-21/h4-9,11-14,20,22H,10,15-18H2,1-3H3,(H,26,28)/t20-,22-/m0/s1. The molecule has 1 aliphatic rings. The van der Waals surface area contributed by atoms with Crippen LogP contribution in [0.2, 0.25) is 0 Å². The van der Waals surface area contributed by atoms with Crippen molar-refractivity contribution in [3.05, 3.63) is 66.2 Å². The Kier molecular flexibility index (Phi) is 8.02. The van der Waals surface area contributed by atoms with E-state index < -0.39 is 17.7 Å². The maximum absolute atomic E-state index is 13.2. The third-order valence-corrected chi connectivity index (χ3v) is 6.22. The zero-order chi connectivity index (χ0) is 22.3. The Morgan fingerprint density at radius 1 is 1.10 bits per heavy atom. The number of carbonyl (C=O) groups is 2. The van der Waals surface area contributed by atoms with Gasteiger partial charge in [0.25, 0.3) is 0 Å². The molecule has 5 nitrogen and oxygen atoms in total. The summed E-state index contributed by atoms with van der Waals surface area (Å²) in [5.41, 5.74) is 0.597. The van der Waals surface area contributed by atoms with Crippen molar-refractivity contribution in [3.8, 4) is 0 Å². The largest absolute Gasteiger partial charge is 0.444 e. The fraction of sp³-hybridized carbons (Fsp3) is 0.440. The number of hydrogen-bond acceptors (Lipinski definition) is 4. The average Bonchev–Trinajstić information content (AvgIpc) is 3.23. The van der Waals surface area contributed by atoms with Crippen LogP contribution in [0.5, 0.6) is 0 Å². The number of nitrogens with zero attached hydrogens (tertiary/aromatic N) is 1. The van der Waals surface area contributed by atoms with E-state index in [0.29, 0.717) is 13.0 Å². The highest BCUT2D eigenvalue weighted by atomic mass is 32.2. The Morgan fingerprint density at radius 2 is 1.74 bits per heavy atom. The van der Waals surface area contributed by atoms with Gasteiger partial charge in [0, 0.05) is 23.2 Å². The predicted molar refractivity (Wildman–Crippen MR) is 125 cm³/mol. The number of thioether (sulfide) groups is 1. The van der Waals surface area contributed by atoms with E-state index in [1.807, 2.05) is 57.2 Å². The molecule has 0 aliphatic carbocycles. The molecule has 1 aliphatic heterocycles. The summed E-state index contributed by atoms with van der Waals surface area (Å²) in [4.78, 5) is 28.5. The van der Waals surface area contributed by atoms with Gasteiger partial charge >= 0.3 is 6.09 Å². The van der Waals surface area contributed by atoms with Gasteiger partial charge in [-0.3, -0.25) is 9.69 Å². The molecule has 1 heterocycles. The zero-order valence-electron chi connectivity index (χ0n) is 18.5. The van der Waals surface area contributed by atoms with Crippen LogP contribution in [0.25, 0.3) is 0 Å². The topological polar surface area (TPSA) is 58.6 Å². The summed E-state index contributed by atoms with van der Waals surface area (Å²) in [6, 6.07) is 19.8. The van der Waals surface area contributed by atoms with Gasteiger partial charge in [-0.15, -0.1) is 11.8 Å². The minimum Gasteiger partial charge on any atom is -0.444 e. The van der Waals surface area contributed by atoms with Crippen LogP contribution in [-0.2, 0) is 16.0 Å². The Balaban J connectivity index is 1.66. The van der Waals surface area contributed by atoms with Crippen LogP contribution in [0.1, 0.15) is 39.2 Å². The van der Waals surface area contributed by atoms with E-state index in [1.54, 1.807) is 16.7 Å². The smallest absolute Gasteiger partial charge is 0.410 e. The highest BCUT2D eigenvalue weighted by molar-refractivity contribution is 7.99. The molecule has 0 unspecified atom stereocenters. The second kappa shape index (κ2) is 10.7. The molecule has 2 aromatic rings. The Hall–Kier alpha value is -2.47. The highest BCUT2D eigenvalue weighted by Gasteiger charge is 2.37. The quantitative estimate of drug-likeness (QED) is 0.622. The van der Waals surface area contributed by atoms with Crippen LogP contribution in [0, 0.1) is 0 Å². The molecule has 0 spiro atoms. The number of nitrogens with one attached hydrogen (secondary N) is 1. The summed E-state index contributed by atoms with van der Waals surface area (Å²) in [7, 11) is 0. The third kappa shape index (κ3) is 7.31. The molecule has 166 valence electrons. The summed E-state index contributed by atoms with van der Waals surface area (Å²) in [5, 5.41) is 3.22. The lowest BCUT2D eigenvalue weighted by molar-refractivity contribution is -0.126. The Labute approximate surface area is 189 Å². The molecular formula is C25H32N2O3S. The average molecular weight is 441 g/mol. The molecule has 2 amide bonds. The van der Waals surface area contributed by atoms with E-state index in [4.69, 9.17) is 4.74 Å². The summed E-state index contributed by atoms with van der Waals surface area (Å²) in [5.74, 6) is 0.655. The molecule has 2 aromatic carbocycles. The van der Waals surface area contributed by atoms with Crippen LogP contribution in [-0.4, -0.2) is 46.9 Å². The van der Waals surface area contributed by atoms with Gasteiger partial charge in [0.15, 0.2) is 0 Å². The van der Waals surface area contributed by atoms with Crippen LogP contribution >= 0.6 is 11.8 Å². The van der Waals surface area contributed by atoms with E-state index in [9.17, 15) is 9.59 Å². The van der Waals surface area contributed by atoms with E-state index >= 15 is 0 Å². The number of carbonyl (C=O) groups excluding carboxylic acids is 2. The molecule has 2 atom stereocenters. The van der Waals surface area contributed by atoms with Crippen molar-refractivity contribution >= 4 is 23.8 Å². The molecular weight excluding hydrogens is 408 g/mol. The number of rotatable bonds is 7. The van der Waals surface area contributed by atoms with Crippen molar-refractivity contribution in [2.75, 3.05) is 12.3 Å². The molecule has 0 radical (unpaired) electrons. The zero-order valence-corrected chi connectivity index (χ0v) is 19.4. The minimum absolute atomic E-state index is 0.0406. The van der Waals surface area contributed by atoms with Crippen molar-refractivity contribution in [1.82, 2.24) is 10.2 Å². The first-order chi connectivity index (χ1) is 14.8. The van der Waals surface area contributed by atoms with Crippen molar-refractivity contribution in [2.45, 2.75) is 62.6 Å².